The third-order valence-corrected chi connectivity index (χ3v) is 6.04. The van der Waals surface area contributed by atoms with E-state index in [9.17, 15) is 9.59 Å². The molecule has 2 aromatic rings. The number of carbonyl (C=O) groups excluding carboxylic acids is 1. The lowest BCUT2D eigenvalue weighted by Gasteiger charge is -2.23. The number of nitrogens with zero attached hydrogens (tertiary/aromatic N) is 2. The number of aryl methyl sites for hydroxylation is 2. The Kier molecular flexibility index (Phi) is 5.68. The fourth-order valence-corrected chi connectivity index (χ4v) is 4.62. The first-order valence-electron chi connectivity index (χ1n) is 8.43. The first-order chi connectivity index (χ1) is 11.4. The maximum absolute atomic E-state index is 13.0. The highest BCUT2D eigenvalue weighted by Crippen LogP contribution is 2.30. The Hall–Kier alpha value is -1.34. The van der Waals surface area contributed by atoms with Crippen LogP contribution in [0.5, 0.6) is 0 Å². The van der Waals surface area contributed by atoms with Gasteiger partial charge in [0.05, 0.1) is 10.6 Å². The Morgan fingerprint density at radius 1 is 1.24 bits per heavy atom. The minimum absolute atomic E-state index is 0.0206. The van der Waals surface area contributed by atoms with Gasteiger partial charge in [-0.25, -0.2) is 4.98 Å². The smallest absolute Gasteiger partial charge is 0.263 e. The van der Waals surface area contributed by atoms with Crippen molar-refractivity contribution < 1.29 is 4.79 Å². The van der Waals surface area contributed by atoms with Crippen molar-refractivity contribution >= 4 is 39.2 Å². The van der Waals surface area contributed by atoms with E-state index in [1.54, 1.807) is 4.57 Å². The number of carbonyl (C=O) groups is 1. The summed E-state index contributed by atoms with van der Waals surface area (Å²) in [5.74, 6) is -0.0549. The molecule has 0 aliphatic rings. The average molecular weight is 382 g/mol. The molecule has 0 unspecified atom stereocenters. The maximum atomic E-state index is 13.0. The molecule has 1 atom stereocenters. The van der Waals surface area contributed by atoms with Gasteiger partial charge in [0, 0.05) is 16.5 Å². The first kappa shape index (κ1) is 20.0. The van der Waals surface area contributed by atoms with Gasteiger partial charge in [0.2, 0.25) is 5.91 Å². The van der Waals surface area contributed by atoms with Crippen LogP contribution < -0.4 is 10.9 Å². The number of rotatable bonds is 4. The molecule has 7 heteroatoms. The Labute approximate surface area is 157 Å². The molecule has 0 saturated heterocycles. The predicted octanol–water partition coefficient (Wildman–Crippen LogP) is 4.05. The Morgan fingerprint density at radius 2 is 1.84 bits per heavy atom. The average Bonchev–Trinajstić information content (AvgIpc) is 2.71. The van der Waals surface area contributed by atoms with Crippen molar-refractivity contribution in [2.75, 3.05) is 0 Å². The summed E-state index contributed by atoms with van der Waals surface area (Å²) in [6.07, 6.45) is 0. The van der Waals surface area contributed by atoms with Crippen LogP contribution in [-0.2, 0) is 4.79 Å². The van der Waals surface area contributed by atoms with Crippen molar-refractivity contribution in [1.29, 1.82) is 0 Å². The van der Waals surface area contributed by atoms with E-state index in [1.807, 2.05) is 55.4 Å². The number of nitrogens with one attached hydrogen (secondary N) is 1. The fraction of sp³-hybridized carbons (Fsp3) is 0.611. The van der Waals surface area contributed by atoms with Crippen LogP contribution in [0.3, 0.4) is 0 Å². The van der Waals surface area contributed by atoms with Gasteiger partial charge in [-0.1, -0.05) is 11.8 Å². The lowest BCUT2D eigenvalue weighted by Crippen LogP contribution is -2.44. The number of thiophene rings is 1. The van der Waals surface area contributed by atoms with Crippen molar-refractivity contribution in [2.45, 2.75) is 77.4 Å². The third-order valence-electron chi connectivity index (χ3n) is 3.87. The summed E-state index contributed by atoms with van der Waals surface area (Å²) in [6, 6.07) is -0.0237. The molecule has 1 amide bonds. The molecule has 0 radical (unpaired) electrons. The molecule has 0 saturated carbocycles. The molecule has 0 spiro atoms. The molecule has 0 bridgehead atoms. The van der Waals surface area contributed by atoms with Crippen LogP contribution in [0, 0.1) is 13.8 Å². The summed E-state index contributed by atoms with van der Waals surface area (Å²) < 4.78 is 1.70. The summed E-state index contributed by atoms with van der Waals surface area (Å²) in [7, 11) is 0. The minimum atomic E-state index is -0.337. The molecule has 138 valence electrons. The van der Waals surface area contributed by atoms with E-state index in [0.29, 0.717) is 10.5 Å². The third kappa shape index (κ3) is 4.26. The van der Waals surface area contributed by atoms with Crippen molar-refractivity contribution in [3.63, 3.8) is 0 Å². The van der Waals surface area contributed by atoms with Gasteiger partial charge in [0.1, 0.15) is 4.83 Å². The largest absolute Gasteiger partial charge is 0.351 e. The molecule has 0 aromatic carbocycles. The maximum Gasteiger partial charge on any atom is 0.263 e. The SMILES string of the molecule is Cc1sc2nc(S[C@@H](C)C(=O)NC(C)(C)C)n(C(C)C)c(=O)c2c1C. The highest BCUT2D eigenvalue weighted by Gasteiger charge is 2.24. The van der Waals surface area contributed by atoms with Gasteiger partial charge in [0.25, 0.3) is 5.56 Å². The van der Waals surface area contributed by atoms with Crippen LogP contribution in [0.1, 0.15) is 58.0 Å². The first-order valence-corrected chi connectivity index (χ1v) is 10.1. The van der Waals surface area contributed by atoms with E-state index in [-0.39, 0.29) is 28.3 Å². The zero-order chi connectivity index (χ0) is 19.1. The van der Waals surface area contributed by atoms with Gasteiger partial charge in [-0.05, 0) is 61.0 Å². The number of aromatic nitrogens is 2. The van der Waals surface area contributed by atoms with Gasteiger partial charge < -0.3 is 5.32 Å². The van der Waals surface area contributed by atoms with Crippen LogP contribution in [0.15, 0.2) is 9.95 Å². The summed E-state index contributed by atoms with van der Waals surface area (Å²) in [5, 5.41) is 3.95. The predicted molar refractivity (Wildman–Crippen MR) is 107 cm³/mol. The lowest BCUT2D eigenvalue weighted by molar-refractivity contribution is -0.121. The molecule has 5 nitrogen and oxygen atoms in total. The second kappa shape index (κ2) is 7.11. The normalized spacial score (nSPS) is 13.5. The highest BCUT2D eigenvalue weighted by atomic mass is 32.2. The molecular weight excluding hydrogens is 354 g/mol. The topological polar surface area (TPSA) is 64.0 Å². The summed E-state index contributed by atoms with van der Waals surface area (Å²) in [4.78, 5) is 32.0. The molecule has 25 heavy (non-hydrogen) atoms. The number of thioether (sulfide) groups is 1. The van der Waals surface area contributed by atoms with Gasteiger partial charge in [0.15, 0.2) is 5.16 Å². The lowest BCUT2D eigenvalue weighted by atomic mass is 10.1. The fourth-order valence-electron chi connectivity index (χ4n) is 2.51. The Bertz CT molecular complexity index is 860. The van der Waals surface area contributed by atoms with E-state index in [0.717, 1.165) is 15.3 Å². The van der Waals surface area contributed by atoms with Gasteiger partial charge in [-0.15, -0.1) is 11.3 Å². The van der Waals surface area contributed by atoms with Crippen LogP contribution in [0.4, 0.5) is 0 Å². The van der Waals surface area contributed by atoms with E-state index >= 15 is 0 Å². The van der Waals surface area contributed by atoms with Gasteiger partial charge >= 0.3 is 0 Å². The number of amides is 1. The molecule has 0 aliphatic carbocycles. The zero-order valence-corrected chi connectivity index (χ0v) is 17.8. The quantitative estimate of drug-likeness (QED) is 0.641. The van der Waals surface area contributed by atoms with Crippen LogP contribution in [0.2, 0.25) is 0 Å². The van der Waals surface area contributed by atoms with Gasteiger partial charge in [-0.3, -0.25) is 14.2 Å². The molecule has 2 rings (SSSR count). The van der Waals surface area contributed by atoms with Crippen molar-refractivity contribution in [1.82, 2.24) is 14.9 Å². The van der Waals surface area contributed by atoms with E-state index < -0.39 is 0 Å². The van der Waals surface area contributed by atoms with Crippen LogP contribution in [-0.4, -0.2) is 26.2 Å². The zero-order valence-electron chi connectivity index (χ0n) is 16.2. The molecule has 2 aromatic heterocycles. The molecule has 0 aliphatic heterocycles. The van der Waals surface area contributed by atoms with Crippen molar-refractivity contribution in [2.24, 2.45) is 0 Å². The van der Waals surface area contributed by atoms with Crippen LogP contribution in [0.25, 0.3) is 10.2 Å². The summed E-state index contributed by atoms with van der Waals surface area (Å²) in [6.45, 7) is 15.6. The molecular formula is C18H27N3O2S2. The van der Waals surface area contributed by atoms with Gasteiger partial charge in [-0.2, -0.15) is 0 Å². The van der Waals surface area contributed by atoms with E-state index in [2.05, 4.69) is 5.32 Å². The number of fused-ring (bicyclic) bond motifs is 1. The van der Waals surface area contributed by atoms with E-state index in [1.165, 1.54) is 23.1 Å². The second-order valence-electron chi connectivity index (χ2n) is 7.63. The molecule has 1 N–H and O–H groups in total. The molecule has 0 fully saturated rings. The minimum Gasteiger partial charge on any atom is -0.351 e. The Morgan fingerprint density at radius 3 is 2.36 bits per heavy atom. The monoisotopic (exact) mass is 381 g/mol. The van der Waals surface area contributed by atoms with Crippen molar-refractivity contribution in [3.05, 3.63) is 20.8 Å². The van der Waals surface area contributed by atoms with Crippen molar-refractivity contribution in [3.8, 4) is 0 Å². The number of hydrogen-bond donors (Lipinski definition) is 1. The second-order valence-corrected chi connectivity index (χ2v) is 10.1. The Balaban J connectivity index is 2.49. The summed E-state index contributed by atoms with van der Waals surface area (Å²) in [5.41, 5.74) is 0.693. The standard InChI is InChI=1S/C18H27N3O2S2/c1-9(2)21-16(23)13-10(3)11(4)24-15(13)19-17(21)25-12(5)14(22)20-18(6,7)8/h9,12H,1-8H3,(H,20,22)/t12-/m0/s1. The summed E-state index contributed by atoms with van der Waals surface area (Å²) >= 11 is 2.87. The highest BCUT2D eigenvalue weighted by molar-refractivity contribution is 8.00. The van der Waals surface area contributed by atoms with E-state index in [4.69, 9.17) is 4.98 Å². The van der Waals surface area contributed by atoms with Crippen LogP contribution >= 0.6 is 23.1 Å². The molecule has 2 heterocycles. The number of hydrogen-bond acceptors (Lipinski definition) is 5.